The molecule has 18 heavy (non-hydrogen) atoms. The molecule has 0 radical (unpaired) electrons. The number of hydrogen-bond acceptors (Lipinski definition) is 3. The zero-order chi connectivity index (χ0) is 13.4. The summed E-state index contributed by atoms with van der Waals surface area (Å²) >= 11 is 5.12. The van der Waals surface area contributed by atoms with Crippen molar-refractivity contribution in [1.82, 2.24) is 15.5 Å². The number of hydrogen-bond donors (Lipinski definition) is 2. The monoisotopic (exact) mass is 273 g/mol. The fourth-order valence-corrected chi connectivity index (χ4v) is 2.25. The molecule has 1 amide bonds. The van der Waals surface area contributed by atoms with Crippen molar-refractivity contribution < 1.29 is 9.53 Å². The zero-order valence-electron chi connectivity index (χ0n) is 11.2. The van der Waals surface area contributed by atoms with E-state index in [1.807, 2.05) is 11.8 Å². The molecular weight excluding hydrogens is 250 g/mol. The van der Waals surface area contributed by atoms with Gasteiger partial charge >= 0.3 is 0 Å². The standard InChI is InChI=1S/C12H23N3O2S/c1-10(9-17-2)14-12(18)13-8-11(16)15-6-4-3-5-7-15/h10H,3-9H2,1-2H3,(H2,13,14,18). The first-order chi connectivity index (χ1) is 8.63. The minimum Gasteiger partial charge on any atom is -0.383 e. The van der Waals surface area contributed by atoms with Crippen LogP contribution >= 0.6 is 12.2 Å². The van der Waals surface area contributed by atoms with Gasteiger partial charge in [0.25, 0.3) is 0 Å². The van der Waals surface area contributed by atoms with Crippen molar-refractivity contribution in [3.63, 3.8) is 0 Å². The maximum atomic E-state index is 11.9. The van der Waals surface area contributed by atoms with E-state index in [-0.39, 0.29) is 18.5 Å². The predicted octanol–water partition coefficient (Wildman–Crippen LogP) is 0.498. The molecule has 0 aliphatic carbocycles. The summed E-state index contributed by atoms with van der Waals surface area (Å²) in [5, 5.41) is 6.51. The lowest BCUT2D eigenvalue weighted by Gasteiger charge is -2.27. The molecule has 104 valence electrons. The number of thiocarbonyl (C=S) groups is 1. The summed E-state index contributed by atoms with van der Waals surface area (Å²) < 4.78 is 5.00. The van der Waals surface area contributed by atoms with Crippen LogP contribution in [0.1, 0.15) is 26.2 Å². The lowest BCUT2D eigenvalue weighted by molar-refractivity contribution is -0.130. The number of nitrogens with zero attached hydrogens (tertiary/aromatic N) is 1. The zero-order valence-corrected chi connectivity index (χ0v) is 12.0. The van der Waals surface area contributed by atoms with Crippen LogP contribution in [0.3, 0.4) is 0 Å². The molecule has 0 bridgehead atoms. The second-order valence-corrected chi connectivity index (χ2v) is 5.03. The number of nitrogens with one attached hydrogen (secondary N) is 2. The van der Waals surface area contributed by atoms with Crippen LogP contribution in [0.15, 0.2) is 0 Å². The number of piperidine rings is 1. The van der Waals surface area contributed by atoms with Gasteiger partial charge in [-0.15, -0.1) is 0 Å². The Labute approximate surface area is 114 Å². The fraction of sp³-hybridized carbons (Fsp3) is 0.833. The van der Waals surface area contributed by atoms with Crippen LogP contribution < -0.4 is 10.6 Å². The minimum atomic E-state index is 0.123. The molecule has 2 N–H and O–H groups in total. The highest BCUT2D eigenvalue weighted by Gasteiger charge is 2.16. The van der Waals surface area contributed by atoms with E-state index in [0.29, 0.717) is 11.7 Å². The van der Waals surface area contributed by atoms with Gasteiger partial charge in [0.15, 0.2) is 5.11 Å². The second kappa shape index (κ2) is 8.26. The molecular formula is C12H23N3O2S. The Hall–Kier alpha value is -0.880. The smallest absolute Gasteiger partial charge is 0.241 e. The Kier molecular flexibility index (Phi) is 6.97. The van der Waals surface area contributed by atoms with Gasteiger partial charge in [0, 0.05) is 26.2 Å². The number of carbonyl (C=O) groups excluding carboxylic acids is 1. The summed E-state index contributed by atoms with van der Waals surface area (Å²) in [5.74, 6) is 0.123. The Morgan fingerprint density at radius 2 is 2.06 bits per heavy atom. The molecule has 0 spiro atoms. The molecule has 0 aromatic heterocycles. The molecule has 1 rings (SSSR count). The first-order valence-electron chi connectivity index (χ1n) is 6.44. The average molecular weight is 273 g/mol. The van der Waals surface area contributed by atoms with Crippen molar-refractivity contribution in [2.75, 3.05) is 33.4 Å². The largest absolute Gasteiger partial charge is 0.383 e. The highest BCUT2D eigenvalue weighted by Crippen LogP contribution is 2.08. The van der Waals surface area contributed by atoms with Gasteiger partial charge in [-0.2, -0.15) is 0 Å². The van der Waals surface area contributed by atoms with Crippen molar-refractivity contribution in [3.8, 4) is 0 Å². The maximum absolute atomic E-state index is 11.9. The van der Waals surface area contributed by atoms with Crippen LogP contribution in [-0.4, -0.2) is 55.3 Å². The van der Waals surface area contributed by atoms with E-state index in [9.17, 15) is 4.79 Å². The van der Waals surface area contributed by atoms with E-state index < -0.39 is 0 Å². The summed E-state index contributed by atoms with van der Waals surface area (Å²) in [4.78, 5) is 13.8. The molecule has 1 fully saturated rings. The van der Waals surface area contributed by atoms with E-state index >= 15 is 0 Å². The maximum Gasteiger partial charge on any atom is 0.241 e. The van der Waals surface area contributed by atoms with Crippen molar-refractivity contribution in [2.45, 2.75) is 32.2 Å². The fourth-order valence-electron chi connectivity index (χ4n) is 1.98. The Morgan fingerprint density at radius 3 is 2.67 bits per heavy atom. The third-order valence-electron chi connectivity index (χ3n) is 2.90. The topological polar surface area (TPSA) is 53.6 Å². The lowest BCUT2D eigenvalue weighted by Crippen LogP contribution is -2.47. The van der Waals surface area contributed by atoms with E-state index in [4.69, 9.17) is 17.0 Å². The molecule has 1 aliphatic heterocycles. The van der Waals surface area contributed by atoms with Gasteiger partial charge in [-0.25, -0.2) is 0 Å². The van der Waals surface area contributed by atoms with Gasteiger partial charge in [0.1, 0.15) is 0 Å². The van der Waals surface area contributed by atoms with Gasteiger partial charge < -0.3 is 20.3 Å². The number of rotatable bonds is 5. The molecule has 1 unspecified atom stereocenters. The summed E-state index contributed by atoms with van der Waals surface area (Å²) in [7, 11) is 1.65. The average Bonchev–Trinajstić information content (AvgIpc) is 2.37. The Bertz CT molecular complexity index is 280. The van der Waals surface area contributed by atoms with Crippen LogP contribution in [-0.2, 0) is 9.53 Å². The Balaban J connectivity index is 2.18. The molecule has 0 saturated carbocycles. The van der Waals surface area contributed by atoms with Crippen LogP contribution in [0, 0.1) is 0 Å². The van der Waals surface area contributed by atoms with Crippen molar-refractivity contribution in [3.05, 3.63) is 0 Å². The Morgan fingerprint density at radius 1 is 1.39 bits per heavy atom. The van der Waals surface area contributed by atoms with Gasteiger partial charge in [-0.1, -0.05) is 0 Å². The highest BCUT2D eigenvalue weighted by atomic mass is 32.1. The van der Waals surface area contributed by atoms with E-state index in [2.05, 4.69) is 10.6 Å². The normalized spacial score (nSPS) is 17.1. The molecule has 0 aromatic rings. The molecule has 6 heteroatoms. The van der Waals surface area contributed by atoms with E-state index in [1.54, 1.807) is 7.11 Å². The third-order valence-corrected chi connectivity index (χ3v) is 3.17. The molecule has 0 aromatic carbocycles. The first kappa shape index (κ1) is 15.2. The number of amides is 1. The summed E-state index contributed by atoms with van der Waals surface area (Å²) in [5.41, 5.74) is 0. The van der Waals surface area contributed by atoms with Crippen LogP contribution in [0.5, 0.6) is 0 Å². The molecule has 1 atom stereocenters. The van der Waals surface area contributed by atoms with Gasteiger partial charge in [-0.3, -0.25) is 4.79 Å². The van der Waals surface area contributed by atoms with Gasteiger partial charge in [0.2, 0.25) is 5.91 Å². The number of methoxy groups -OCH3 is 1. The van der Waals surface area contributed by atoms with Crippen LogP contribution in [0.2, 0.25) is 0 Å². The quantitative estimate of drug-likeness (QED) is 0.714. The second-order valence-electron chi connectivity index (χ2n) is 4.62. The lowest BCUT2D eigenvalue weighted by atomic mass is 10.1. The minimum absolute atomic E-state index is 0.123. The molecule has 1 saturated heterocycles. The number of likely N-dealkylation sites (tertiary alicyclic amines) is 1. The summed E-state index contributed by atoms with van der Waals surface area (Å²) in [6.45, 7) is 4.58. The number of ether oxygens (including phenoxy) is 1. The van der Waals surface area contributed by atoms with E-state index in [0.717, 1.165) is 25.9 Å². The number of carbonyl (C=O) groups is 1. The molecule has 1 heterocycles. The predicted molar refractivity (Wildman–Crippen MR) is 75.5 cm³/mol. The van der Waals surface area contributed by atoms with E-state index in [1.165, 1.54) is 6.42 Å². The van der Waals surface area contributed by atoms with Crippen LogP contribution in [0.4, 0.5) is 0 Å². The van der Waals surface area contributed by atoms with Crippen molar-refractivity contribution >= 4 is 23.2 Å². The van der Waals surface area contributed by atoms with Crippen molar-refractivity contribution in [1.29, 1.82) is 0 Å². The summed E-state index contributed by atoms with van der Waals surface area (Å²) in [6, 6.07) is 0.139. The molecule has 5 nitrogen and oxygen atoms in total. The van der Waals surface area contributed by atoms with Gasteiger partial charge in [-0.05, 0) is 38.4 Å². The summed E-state index contributed by atoms with van der Waals surface area (Å²) in [6.07, 6.45) is 3.45. The van der Waals surface area contributed by atoms with Gasteiger partial charge in [0.05, 0.1) is 13.2 Å². The first-order valence-corrected chi connectivity index (χ1v) is 6.85. The SMILES string of the molecule is COCC(C)NC(=S)NCC(=O)N1CCCCC1. The van der Waals surface area contributed by atoms with Crippen molar-refractivity contribution in [2.24, 2.45) is 0 Å². The molecule has 1 aliphatic rings. The van der Waals surface area contributed by atoms with Crippen LogP contribution in [0.25, 0.3) is 0 Å². The third kappa shape index (κ3) is 5.64. The highest BCUT2D eigenvalue weighted by molar-refractivity contribution is 7.80.